The molecule has 2 heterocycles. The van der Waals surface area contributed by atoms with E-state index in [1.165, 1.54) is 11.0 Å². The van der Waals surface area contributed by atoms with Crippen molar-refractivity contribution in [2.75, 3.05) is 25.1 Å². The van der Waals surface area contributed by atoms with E-state index in [0.29, 0.717) is 34.1 Å². The van der Waals surface area contributed by atoms with Gasteiger partial charge in [-0.15, -0.1) is 0 Å². The molecule has 10 heteroatoms. The first-order valence-electron chi connectivity index (χ1n) is 12.4. The summed E-state index contributed by atoms with van der Waals surface area (Å²) in [7, 11) is 1.80. The molecule has 2 amide bonds. The summed E-state index contributed by atoms with van der Waals surface area (Å²) in [4.78, 5) is 27.9. The van der Waals surface area contributed by atoms with Crippen LogP contribution in [0.4, 0.5) is 5.69 Å². The summed E-state index contributed by atoms with van der Waals surface area (Å²) in [5.41, 5.74) is 10.2. The number of phenolic OH excluding ortho intramolecular Hbond substituents is 1. The zero-order valence-corrected chi connectivity index (χ0v) is 22.0. The third-order valence-corrected chi connectivity index (χ3v) is 6.88. The van der Waals surface area contributed by atoms with Crippen LogP contribution in [0.5, 0.6) is 5.75 Å². The third-order valence-electron chi connectivity index (χ3n) is 6.64. The number of morpholine rings is 1. The van der Waals surface area contributed by atoms with Crippen LogP contribution in [0, 0.1) is 0 Å². The Balaban J connectivity index is 1.33. The van der Waals surface area contributed by atoms with Crippen LogP contribution in [-0.2, 0) is 21.4 Å². The van der Waals surface area contributed by atoms with Gasteiger partial charge < -0.3 is 25.8 Å². The summed E-state index contributed by atoms with van der Waals surface area (Å²) in [5.74, 6) is -0.612. The number of rotatable bonds is 6. The summed E-state index contributed by atoms with van der Waals surface area (Å²) in [5, 5.41) is 18.3. The van der Waals surface area contributed by atoms with E-state index in [9.17, 15) is 14.7 Å². The summed E-state index contributed by atoms with van der Waals surface area (Å²) in [6, 6.07) is 19.5. The average molecular weight is 546 g/mol. The van der Waals surface area contributed by atoms with E-state index >= 15 is 0 Å². The van der Waals surface area contributed by atoms with Gasteiger partial charge in [-0.1, -0.05) is 54.1 Å². The molecule has 3 aromatic carbocycles. The molecule has 0 spiro atoms. The number of carbonyl (C=O) groups excluding carboxylic acids is 2. The van der Waals surface area contributed by atoms with Crippen LogP contribution in [0.15, 0.2) is 79.0 Å². The van der Waals surface area contributed by atoms with Gasteiger partial charge in [0, 0.05) is 41.6 Å². The molecule has 200 valence electrons. The maximum atomic E-state index is 13.2. The number of ether oxygens (including phenoxy) is 1. The Morgan fingerprint density at radius 3 is 2.59 bits per heavy atom. The lowest BCUT2D eigenvalue weighted by atomic mass is 10.0. The van der Waals surface area contributed by atoms with E-state index in [-0.39, 0.29) is 30.7 Å². The number of hydrogen-bond donors (Lipinski definition) is 3. The van der Waals surface area contributed by atoms with Crippen molar-refractivity contribution >= 4 is 29.1 Å². The smallest absolute Gasteiger partial charge is 0.249 e. The molecule has 39 heavy (non-hydrogen) atoms. The van der Waals surface area contributed by atoms with Gasteiger partial charge in [-0.25, -0.2) is 0 Å². The van der Waals surface area contributed by atoms with Crippen molar-refractivity contribution in [3.05, 3.63) is 89.6 Å². The van der Waals surface area contributed by atoms with E-state index in [0.717, 1.165) is 11.1 Å². The Hall–Kier alpha value is -4.18. The Bertz CT molecular complexity index is 1490. The second-order valence-electron chi connectivity index (χ2n) is 9.30. The van der Waals surface area contributed by atoms with E-state index in [4.69, 9.17) is 22.1 Å². The van der Waals surface area contributed by atoms with Crippen molar-refractivity contribution in [2.24, 2.45) is 12.8 Å². The quantitative estimate of drug-likeness (QED) is 0.337. The minimum absolute atomic E-state index is 0.0732. The SMILES string of the molecule is Cn1cc(-c2ccc(NC(=O)[C@@H]3COCCN3C(=O)[C@H](N)c3ccccc3)cc2)c(-c2cc(Cl)ccc2O)n1. The van der Waals surface area contributed by atoms with Crippen molar-refractivity contribution in [3.8, 4) is 28.1 Å². The highest BCUT2D eigenvalue weighted by molar-refractivity contribution is 6.31. The Morgan fingerprint density at radius 1 is 1.10 bits per heavy atom. The average Bonchev–Trinajstić information content (AvgIpc) is 3.35. The standard InChI is InChI=1S/C29H28ClN5O4/c1-34-16-23(27(33-34)22-15-20(30)9-12-25(22)36)18-7-10-21(11-8-18)32-28(37)24-17-39-14-13-35(24)29(38)26(31)19-5-3-2-4-6-19/h2-12,15-16,24,26,36H,13-14,17,31H2,1H3,(H,32,37)/t24-,26+/m0/s1. The maximum Gasteiger partial charge on any atom is 0.249 e. The van der Waals surface area contributed by atoms with Gasteiger partial charge in [0.25, 0.3) is 0 Å². The van der Waals surface area contributed by atoms with Crippen LogP contribution in [0.1, 0.15) is 11.6 Å². The number of nitrogens with two attached hydrogens (primary N) is 1. The molecule has 4 aromatic rings. The highest BCUT2D eigenvalue weighted by Crippen LogP contribution is 2.37. The van der Waals surface area contributed by atoms with Gasteiger partial charge in [0.2, 0.25) is 11.8 Å². The number of carbonyl (C=O) groups is 2. The number of hydrogen-bond acceptors (Lipinski definition) is 6. The summed E-state index contributed by atoms with van der Waals surface area (Å²) in [6.45, 7) is 0.692. The molecule has 5 rings (SSSR count). The molecule has 0 aliphatic carbocycles. The highest BCUT2D eigenvalue weighted by Gasteiger charge is 2.35. The fraction of sp³-hybridized carbons (Fsp3) is 0.207. The highest BCUT2D eigenvalue weighted by atomic mass is 35.5. The number of aromatic nitrogens is 2. The number of aromatic hydroxyl groups is 1. The van der Waals surface area contributed by atoms with Crippen LogP contribution in [0.3, 0.4) is 0 Å². The predicted octanol–water partition coefficient (Wildman–Crippen LogP) is 3.98. The molecule has 2 atom stereocenters. The van der Waals surface area contributed by atoms with Crippen molar-refractivity contribution in [2.45, 2.75) is 12.1 Å². The van der Waals surface area contributed by atoms with Crippen molar-refractivity contribution in [1.29, 1.82) is 0 Å². The molecule has 1 aromatic heterocycles. The minimum Gasteiger partial charge on any atom is -0.507 e. The molecule has 1 aliphatic rings. The van der Waals surface area contributed by atoms with Gasteiger partial charge in [-0.3, -0.25) is 14.3 Å². The third kappa shape index (κ3) is 5.65. The Morgan fingerprint density at radius 2 is 1.85 bits per heavy atom. The molecule has 1 saturated heterocycles. The summed E-state index contributed by atoms with van der Waals surface area (Å²) < 4.78 is 7.19. The first kappa shape index (κ1) is 26.4. The molecule has 0 saturated carbocycles. The first-order valence-corrected chi connectivity index (χ1v) is 12.8. The molecule has 0 unspecified atom stereocenters. The molecular weight excluding hydrogens is 518 g/mol. The number of aryl methyl sites for hydroxylation is 1. The molecular formula is C29H28ClN5O4. The van der Waals surface area contributed by atoms with Crippen LogP contribution >= 0.6 is 11.6 Å². The normalized spacial score (nSPS) is 16.1. The van der Waals surface area contributed by atoms with Gasteiger partial charge in [0.05, 0.1) is 13.2 Å². The van der Waals surface area contributed by atoms with Crippen molar-refractivity contribution in [1.82, 2.24) is 14.7 Å². The van der Waals surface area contributed by atoms with Crippen molar-refractivity contribution in [3.63, 3.8) is 0 Å². The van der Waals surface area contributed by atoms with Crippen molar-refractivity contribution < 1.29 is 19.4 Å². The van der Waals surface area contributed by atoms with E-state index in [1.54, 1.807) is 48.1 Å². The van der Waals surface area contributed by atoms with Crippen LogP contribution < -0.4 is 11.1 Å². The second-order valence-corrected chi connectivity index (χ2v) is 9.74. The molecule has 4 N–H and O–H groups in total. The van der Waals surface area contributed by atoms with E-state index in [1.807, 2.05) is 36.5 Å². The lowest BCUT2D eigenvalue weighted by molar-refractivity contribution is -0.147. The molecule has 9 nitrogen and oxygen atoms in total. The number of amides is 2. The zero-order valence-electron chi connectivity index (χ0n) is 21.3. The number of halogens is 1. The van der Waals surface area contributed by atoms with E-state index in [2.05, 4.69) is 10.4 Å². The lowest BCUT2D eigenvalue weighted by Gasteiger charge is -2.36. The zero-order chi connectivity index (χ0) is 27.5. The molecule has 1 aliphatic heterocycles. The van der Waals surface area contributed by atoms with Gasteiger partial charge in [0.15, 0.2) is 0 Å². The van der Waals surface area contributed by atoms with Crippen LogP contribution in [0.25, 0.3) is 22.4 Å². The Kier molecular flexibility index (Phi) is 7.65. The lowest BCUT2D eigenvalue weighted by Crippen LogP contribution is -2.56. The van der Waals surface area contributed by atoms with Crippen LogP contribution in [0.2, 0.25) is 5.02 Å². The van der Waals surface area contributed by atoms with E-state index < -0.39 is 12.1 Å². The van der Waals surface area contributed by atoms with Gasteiger partial charge >= 0.3 is 0 Å². The number of phenols is 1. The Labute approximate surface area is 230 Å². The fourth-order valence-corrected chi connectivity index (χ4v) is 4.79. The molecule has 1 fully saturated rings. The topological polar surface area (TPSA) is 123 Å². The number of benzene rings is 3. The predicted molar refractivity (Wildman–Crippen MR) is 149 cm³/mol. The molecule has 0 radical (unpaired) electrons. The maximum absolute atomic E-state index is 13.2. The van der Waals surface area contributed by atoms with Crippen LogP contribution in [-0.4, -0.2) is 57.4 Å². The summed E-state index contributed by atoms with van der Waals surface area (Å²) >= 11 is 6.16. The van der Waals surface area contributed by atoms with Gasteiger partial charge in [0.1, 0.15) is 23.5 Å². The van der Waals surface area contributed by atoms with Gasteiger partial charge in [-0.2, -0.15) is 5.10 Å². The first-order chi connectivity index (χ1) is 18.8. The monoisotopic (exact) mass is 545 g/mol. The molecule has 0 bridgehead atoms. The minimum atomic E-state index is -0.869. The number of nitrogens with one attached hydrogen (secondary N) is 1. The van der Waals surface area contributed by atoms with Gasteiger partial charge in [-0.05, 0) is 41.5 Å². The summed E-state index contributed by atoms with van der Waals surface area (Å²) in [6.07, 6.45) is 1.85. The fourth-order valence-electron chi connectivity index (χ4n) is 4.62. The number of anilines is 1. The number of nitrogens with zero attached hydrogens (tertiary/aromatic N) is 3. The second kappa shape index (κ2) is 11.3. The largest absolute Gasteiger partial charge is 0.507 e.